The summed E-state index contributed by atoms with van der Waals surface area (Å²) in [5.41, 5.74) is 0.930. The van der Waals surface area contributed by atoms with Crippen molar-refractivity contribution in [2.45, 2.75) is 38.1 Å². The second kappa shape index (κ2) is 7.04. The average molecular weight is 300 g/mol. The molecule has 5 heteroatoms. The molecule has 0 bridgehead atoms. The number of hydrogen-bond donors (Lipinski definition) is 2. The smallest absolute Gasteiger partial charge is 0.306 e. The normalized spacial score (nSPS) is 22.7. The molecule has 0 atom stereocenters. The molecule has 20 heavy (non-hydrogen) atoms. The molecule has 1 aromatic carbocycles. The quantitative estimate of drug-likeness (QED) is 0.877. The molecule has 0 radical (unpaired) electrons. The zero-order valence-corrected chi connectivity index (χ0v) is 12.0. The Bertz CT molecular complexity index is 473. The highest BCUT2D eigenvalue weighted by Crippen LogP contribution is 2.24. The van der Waals surface area contributed by atoms with Crippen LogP contribution in [0.1, 0.15) is 31.2 Å². The maximum atomic E-state index is 12.9. The summed E-state index contributed by atoms with van der Waals surface area (Å²) in [6.07, 6.45) is 4.02. The molecule has 0 spiro atoms. The van der Waals surface area contributed by atoms with Crippen LogP contribution in [-0.4, -0.2) is 23.7 Å². The van der Waals surface area contributed by atoms with Crippen molar-refractivity contribution in [1.82, 2.24) is 5.32 Å². The summed E-state index contributed by atoms with van der Waals surface area (Å²) in [6, 6.07) is 4.83. The van der Waals surface area contributed by atoms with Crippen LogP contribution in [0.5, 0.6) is 0 Å². The highest BCUT2D eigenvalue weighted by atomic mass is 35.5. The van der Waals surface area contributed by atoms with Gasteiger partial charge in [0.2, 0.25) is 0 Å². The van der Waals surface area contributed by atoms with Crippen molar-refractivity contribution in [2.75, 3.05) is 6.54 Å². The van der Waals surface area contributed by atoms with Crippen LogP contribution in [0, 0.1) is 11.7 Å². The molecule has 0 heterocycles. The summed E-state index contributed by atoms with van der Waals surface area (Å²) in [5.74, 6) is -1.18. The zero-order valence-electron chi connectivity index (χ0n) is 11.2. The number of hydrogen-bond acceptors (Lipinski definition) is 2. The highest BCUT2D eigenvalue weighted by molar-refractivity contribution is 6.31. The van der Waals surface area contributed by atoms with Crippen LogP contribution in [0.15, 0.2) is 18.2 Å². The molecule has 1 aliphatic carbocycles. The first-order valence-corrected chi connectivity index (χ1v) is 7.34. The number of carboxylic acid groups (broad SMARTS) is 1. The SMILES string of the molecule is O=C(O)C1CCC(NCCc2ccc(F)cc2Cl)CC1. The van der Waals surface area contributed by atoms with Crippen molar-refractivity contribution < 1.29 is 14.3 Å². The van der Waals surface area contributed by atoms with E-state index in [0.717, 1.165) is 44.2 Å². The van der Waals surface area contributed by atoms with Gasteiger partial charge in [0.1, 0.15) is 5.82 Å². The van der Waals surface area contributed by atoms with Crippen molar-refractivity contribution in [2.24, 2.45) is 5.92 Å². The van der Waals surface area contributed by atoms with Gasteiger partial charge in [0.15, 0.2) is 0 Å². The van der Waals surface area contributed by atoms with E-state index in [1.54, 1.807) is 6.07 Å². The van der Waals surface area contributed by atoms with Crippen LogP contribution in [0.2, 0.25) is 5.02 Å². The van der Waals surface area contributed by atoms with Crippen molar-refractivity contribution >= 4 is 17.6 Å². The van der Waals surface area contributed by atoms with Gasteiger partial charge in [-0.25, -0.2) is 4.39 Å². The van der Waals surface area contributed by atoms with Gasteiger partial charge in [-0.2, -0.15) is 0 Å². The first-order valence-electron chi connectivity index (χ1n) is 6.96. The van der Waals surface area contributed by atoms with E-state index >= 15 is 0 Å². The minimum absolute atomic E-state index is 0.181. The molecular formula is C15H19ClFNO2. The van der Waals surface area contributed by atoms with E-state index in [1.165, 1.54) is 12.1 Å². The Morgan fingerprint density at radius 2 is 2.05 bits per heavy atom. The molecule has 0 amide bonds. The van der Waals surface area contributed by atoms with Gasteiger partial charge in [0.25, 0.3) is 0 Å². The highest BCUT2D eigenvalue weighted by Gasteiger charge is 2.25. The lowest BCUT2D eigenvalue weighted by Gasteiger charge is -2.27. The molecule has 1 fully saturated rings. The molecule has 0 unspecified atom stereocenters. The minimum Gasteiger partial charge on any atom is -0.481 e. The maximum absolute atomic E-state index is 12.9. The van der Waals surface area contributed by atoms with Gasteiger partial charge in [0, 0.05) is 11.1 Å². The number of benzene rings is 1. The molecule has 2 N–H and O–H groups in total. The first kappa shape index (κ1) is 15.3. The fourth-order valence-corrected chi connectivity index (χ4v) is 2.94. The Kier molecular flexibility index (Phi) is 5.38. The third-order valence-electron chi connectivity index (χ3n) is 3.92. The molecule has 1 saturated carbocycles. The molecule has 110 valence electrons. The van der Waals surface area contributed by atoms with E-state index < -0.39 is 5.97 Å². The third kappa shape index (κ3) is 4.18. The Morgan fingerprint density at radius 1 is 1.35 bits per heavy atom. The van der Waals surface area contributed by atoms with Gasteiger partial charge in [-0.05, 0) is 56.3 Å². The largest absolute Gasteiger partial charge is 0.481 e. The zero-order chi connectivity index (χ0) is 14.5. The minimum atomic E-state index is -0.679. The molecule has 0 aromatic heterocycles. The number of aliphatic carboxylic acids is 1. The predicted molar refractivity (Wildman–Crippen MR) is 76.5 cm³/mol. The molecule has 3 nitrogen and oxygen atoms in total. The molecule has 2 rings (SSSR count). The number of halogens is 2. The van der Waals surface area contributed by atoms with E-state index in [9.17, 15) is 9.18 Å². The van der Waals surface area contributed by atoms with Gasteiger partial charge < -0.3 is 10.4 Å². The van der Waals surface area contributed by atoms with Crippen LogP contribution in [0.4, 0.5) is 4.39 Å². The van der Waals surface area contributed by atoms with E-state index in [-0.39, 0.29) is 11.7 Å². The molecule has 0 aliphatic heterocycles. The van der Waals surface area contributed by atoms with Crippen LogP contribution < -0.4 is 5.32 Å². The standard InChI is InChI=1S/C15H19ClFNO2/c16-14-9-12(17)4-1-10(14)7-8-18-13-5-2-11(3-6-13)15(19)20/h1,4,9,11,13,18H,2-3,5-8H2,(H,19,20). The van der Waals surface area contributed by atoms with Crippen LogP contribution >= 0.6 is 11.6 Å². The molecule has 0 saturated heterocycles. The van der Waals surface area contributed by atoms with Crippen molar-refractivity contribution in [3.8, 4) is 0 Å². The lowest BCUT2D eigenvalue weighted by molar-refractivity contribution is -0.142. The summed E-state index contributed by atoms with van der Waals surface area (Å²) in [4.78, 5) is 10.9. The van der Waals surface area contributed by atoms with Crippen molar-refractivity contribution in [3.05, 3.63) is 34.6 Å². The number of carboxylic acids is 1. The summed E-state index contributed by atoms with van der Waals surface area (Å²) in [5, 5.41) is 12.8. The third-order valence-corrected chi connectivity index (χ3v) is 4.27. The van der Waals surface area contributed by atoms with Crippen molar-refractivity contribution in [3.63, 3.8) is 0 Å². The van der Waals surface area contributed by atoms with E-state index in [2.05, 4.69) is 5.32 Å². The summed E-state index contributed by atoms with van der Waals surface area (Å²) >= 11 is 5.97. The van der Waals surface area contributed by atoms with Gasteiger partial charge in [-0.3, -0.25) is 4.79 Å². The van der Waals surface area contributed by atoms with E-state index in [4.69, 9.17) is 16.7 Å². The summed E-state index contributed by atoms with van der Waals surface area (Å²) in [6.45, 7) is 0.772. The Morgan fingerprint density at radius 3 is 2.65 bits per heavy atom. The summed E-state index contributed by atoms with van der Waals surface area (Å²) < 4.78 is 12.9. The Balaban J connectivity index is 1.73. The fourth-order valence-electron chi connectivity index (χ4n) is 2.68. The number of nitrogens with one attached hydrogen (secondary N) is 1. The lowest BCUT2D eigenvalue weighted by atomic mass is 9.86. The fraction of sp³-hybridized carbons (Fsp3) is 0.533. The predicted octanol–water partition coefficient (Wildman–Crippen LogP) is 3.25. The molecule has 1 aromatic rings. The van der Waals surface area contributed by atoms with Gasteiger partial charge in [-0.1, -0.05) is 17.7 Å². The Labute approximate surface area is 123 Å². The summed E-state index contributed by atoms with van der Waals surface area (Å²) in [7, 11) is 0. The van der Waals surface area contributed by atoms with Gasteiger partial charge >= 0.3 is 5.97 Å². The topological polar surface area (TPSA) is 49.3 Å². The lowest BCUT2D eigenvalue weighted by Crippen LogP contribution is -2.36. The second-order valence-electron chi connectivity index (χ2n) is 5.33. The molecule has 1 aliphatic rings. The van der Waals surface area contributed by atoms with Crippen LogP contribution in [-0.2, 0) is 11.2 Å². The Hall–Kier alpha value is -1.13. The average Bonchev–Trinajstić information content (AvgIpc) is 2.42. The van der Waals surface area contributed by atoms with Crippen molar-refractivity contribution in [1.29, 1.82) is 0 Å². The van der Waals surface area contributed by atoms with Crippen LogP contribution in [0.3, 0.4) is 0 Å². The number of rotatable bonds is 5. The van der Waals surface area contributed by atoms with Gasteiger partial charge in [-0.15, -0.1) is 0 Å². The van der Waals surface area contributed by atoms with E-state index in [0.29, 0.717) is 11.1 Å². The number of carbonyl (C=O) groups is 1. The van der Waals surface area contributed by atoms with Gasteiger partial charge in [0.05, 0.1) is 5.92 Å². The van der Waals surface area contributed by atoms with Crippen LogP contribution in [0.25, 0.3) is 0 Å². The first-order chi connectivity index (χ1) is 9.56. The second-order valence-corrected chi connectivity index (χ2v) is 5.73. The van der Waals surface area contributed by atoms with E-state index in [1.807, 2.05) is 0 Å². The molecular weight excluding hydrogens is 281 g/mol. The maximum Gasteiger partial charge on any atom is 0.306 e. The monoisotopic (exact) mass is 299 g/mol.